The topological polar surface area (TPSA) is 81.6 Å². The predicted molar refractivity (Wildman–Crippen MR) is 78.4 cm³/mol. The van der Waals surface area contributed by atoms with Gasteiger partial charge in [0.25, 0.3) is 0 Å². The van der Waals surface area contributed by atoms with Gasteiger partial charge < -0.3 is 20.8 Å². The Morgan fingerprint density at radius 3 is 2.95 bits per heavy atom. The molecule has 0 saturated carbocycles. The van der Waals surface area contributed by atoms with Crippen LogP contribution >= 0.6 is 27.7 Å². The van der Waals surface area contributed by atoms with E-state index in [1.807, 2.05) is 12.1 Å². The molecule has 2 rings (SSSR count). The Balaban J connectivity index is 2.21. The van der Waals surface area contributed by atoms with Gasteiger partial charge in [-0.25, -0.2) is 0 Å². The van der Waals surface area contributed by atoms with Crippen molar-refractivity contribution in [3.63, 3.8) is 0 Å². The Labute approximate surface area is 123 Å². The second kappa shape index (κ2) is 6.23. The van der Waals surface area contributed by atoms with Crippen molar-refractivity contribution in [3.8, 4) is 0 Å². The second-order valence-electron chi connectivity index (χ2n) is 4.23. The van der Waals surface area contributed by atoms with Crippen molar-refractivity contribution >= 4 is 39.3 Å². The summed E-state index contributed by atoms with van der Waals surface area (Å²) in [4.78, 5) is 12.6. The van der Waals surface area contributed by atoms with Gasteiger partial charge in [0.2, 0.25) is 5.91 Å². The Bertz CT molecular complexity index is 498. The van der Waals surface area contributed by atoms with Crippen molar-refractivity contribution in [2.45, 2.75) is 17.0 Å². The molecular formula is C12H15BrN2O3S. The number of carbonyl (C=O) groups is 1. The molecule has 1 heterocycles. The van der Waals surface area contributed by atoms with Crippen LogP contribution < -0.4 is 10.6 Å². The van der Waals surface area contributed by atoms with Crippen LogP contribution in [0.5, 0.6) is 0 Å². The molecule has 1 aromatic carbocycles. The fraction of sp³-hybridized carbons (Fsp3) is 0.417. The first kappa shape index (κ1) is 14.8. The minimum Gasteiger partial charge on any atom is -0.394 e. The molecule has 0 fully saturated rings. The molecule has 4 N–H and O–H groups in total. The van der Waals surface area contributed by atoms with E-state index in [0.717, 1.165) is 20.6 Å². The average Bonchev–Trinajstić information content (AvgIpc) is 2.70. The van der Waals surface area contributed by atoms with Crippen LogP contribution in [-0.4, -0.2) is 41.6 Å². The summed E-state index contributed by atoms with van der Waals surface area (Å²) >= 11 is 4.89. The normalized spacial score (nSPS) is 19.2. The number of amides is 1. The highest BCUT2D eigenvalue weighted by Gasteiger charge is 2.30. The van der Waals surface area contributed by atoms with Crippen LogP contribution in [0.15, 0.2) is 21.5 Å². The van der Waals surface area contributed by atoms with E-state index in [0.29, 0.717) is 5.75 Å². The maximum atomic E-state index is 11.7. The Morgan fingerprint density at radius 2 is 2.32 bits per heavy atom. The molecule has 7 heteroatoms. The Hall–Kier alpha value is -0.600. The molecule has 0 aliphatic carbocycles. The number of likely N-dealkylation sites (N-methyl/N-ethyl adjacent to an activating group) is 1. The monoisotopic (exact) mass is 346 g/mol. The lowest BCUT2D eigenvalue weighted by Gasteiger charge is -2.11. The molecule has 2 unspecified atom stereocenters. The maximum Gasteiger partial charge on any atom is 0.246 e. The first-order valence-corrected chi connectivity index (χ1v) is 7.58. The minimum atomic E-state index is -0.746. The van der Waals surface area contributed by atoms with Crippen molar-refractivity contribution in [1.29, 1.82) is 0 Å². The number of hydrogen-bond donors (Lipinski definition) is 4. The van der Waals surface area contributed by atoms with E-state index in [1.165, 1.54) is 11.8 Å². The number of thioether (sulfide) groups is 1. The van der Waals surface area contributed by atoms with Crippen LogP contribution in [0.4, 0.5) is 5.69 Å². The summed E-state index contributed by atoms with van der Waals surface area (Å²) in [7, 11) is 1.74. The fourth-order valence-corrected chi connectivity index (χ4v) is 3.48. The van der Waals surface area contributed by atoms with E-state index in [1.54, 1.807) is 7.05 Å². The van der Waals surface area contributed by atoms with Gasteiger partial charge in [-0.15, -0.1) is 11.8 Å². The number of hydrogen-bond acceptors (Lipinski definition) is 5. The van der Waals surface area contributed by atoms with Crippen molar-refractivity contribution in [3.05, 3.63) is 22.2 Å². The van der Waals surface area contributed by atoms with E-state index in [4.69, 9.17) is 5.11 Å². The molecule has 1 aromatic rings. The zero-order chi connectivity index (χ0) is 14.0. The van der Waals surface area contributed by atoms with E-state index in [9.17, 15) is 9.90 Å². The van der Waals surface area contributed by atoms with E-state index >= 15 is 0 Å². The van der Waals surface area contributed by atoms with Gasteiger partial charge in [-0.1, -0.05) is 0 Å². The third-order valence-corrected chi connectivity index (χ3v) is 4.98. The molecule has 1 amide bonds. The molecule has 2 atom stereocenters. The summed E-state index contributed by atoms with van der Waals surface area (Å²) in [5.74, 6) is 0.332. The fourth-order valence-electron chi connectivity index (χ4n) is 1.90. The summed E-state index contributed by atoms with van der Waals surface area (Å²) in [6, 6.07) is 3.46. The smallest absolute Gasteiger partial charge is 0.246 e. The molecule has 19 heavy (non-hydrogen) atoms. The zero-order valence-corrected chi connectivity index (χ0v) is 12.7. The lowest BCUT2D eigenvalue weighted by molar-refractivity contribution is -0.117. The summed E-state index contributed by atoms with van der Waals surface area (Å²) < 4.78 is 0.873. The van der Waals surface area contributed by atoms with Crippen LogP contribution in [0.25, 0.3) is 0 Å². The van der Waals surface area contributed by atoms with Crippen LogP contribution in [0, 0.1) is 0 Å². The molecule has 5 nitrogen and oxygen atoms in total. The lowest BCUT2D eigenvalue weighted by atomic mass is 10.1. The Morgan fingerprint density at radius 1 is 1.58 bits per heavy atom. The van der Waals surface area contributed by atoms with E-state index < -0.39 is 6.10 Å². The SMILES string of the molecule is CNC1C(=O)Nc2cc(SCC(O)CO)c(Br)cc21. The number of aliphatic hydroxyl groups is 2. The third-order valence-electron chi connectivity index (χ3n) is 2.87. The molecule has 1 aliphatic rings. The number of nitrogens with one attached hydrogen (secondary N) is 2. The molecule has 0 aromatic heterocycles. The van der Waals surface area contributed by atoms with Gasteiger partial charge in [0.15, 0.2) is 0 Å². The van der Waals surface area contributed by atoms with Gasteiger partial charge in [-0.2, -0.15) is 0 Å². The molecule has 1 aliphatic heterocycles. The number of anilines is 1. The van der Waals surface area contributed by atoms with Crippen molar-refractivity contribution in [1.82, 2.24) is 5.32 Å². The van der Waals surface area contributed by atoms with Gasteiger partial charge in [0, 0.05) is 26.4 Å². The quantitative estimate of drug-likeness (QED) is 0.600. The molecule has 0 bridgehead atoms. The molecular weight excluding hydrogens is 332 g/mol. The van der Waals surface area contributed by atoms with Crippen LogP contribution in [0.1, 0.15) is 11.6 Å². The summed E-state index contributed by atoms with van der Waals surface area (Å²) in [6.45, 7) is -0.256. The van der Waals surface area contributed by atoms with Gasteiger partial charge in [0.1, 0.15) is 6.04 Å². The molecule has 0 saturated heterocycles. The highest BCUT2D eigenvalue weighted by Crippen LogP contribution is 2.38. The van der Waals surface area contributed by atoms with Crippen LogP contribution in [0.3, 0.4) is 0 Å². The number of rotatable bonds is 5. The number of aliphatic hydroxyl groups excluding tert-OH is 2. The van der Waals surface area contributed by atoms with Gasteiger partial charge in [-0.3, -0.25) is 4.79 Å². The van der Waals surface area contributed by atoms with Crippen molar-refractivity contribution in [2.24, 2.45) is 0 Å². The molecule has 0 spiro atoms. The molecule has 104 valence electrons. The highest BCUT2D eigenvalue weighted by atomic mass is 79.9. The summed E-state index contributed by atoms with van der Waals surface area (Å²) in [5, 5.41) is 23.9. The predicted octanol–water partition coefficient (Wildman–Crippen LogP) is 1.11. The maximum absolute atomic E-state index is 11.7. The standard InChI is InChI=1S/C12H15BrN2O3S/c1-14-11-7-2-8(13)10(19-5-6(17)4-16)3-9(7)15-12(11)18/h2-3,6,11,14,16-17H,4-5H2,1H3,(H,15,18). The van der Waals surface area contributed by atoms with Crippen LogP contribution in [0.2, 0.25) is 0 Å². The largest absolute Gasteiger partial charge is 0.394 e. The third kappa shape index (κ3) is 3.11. The number of benzene rings is 1. The summed E-state index contributed by atoms with van der Waals surface area (Å²) in [5.41, 5.74) is 1.69. The highest BCUT2D eigenvalue weighted by molar-refractivity contribution is 9.10. The zero-order valence-electron chi connectivity index (χ0n) is 10.3. The number of halogens is 1. The van der Waals surface area contributed by atoms with Crippen LogP contribution in [-0.2, 0) is 4.79 Å². The molecule has 0 radical (unpaired) electrons. The first-order valence-electron chi connectivity index (χ1n) is 5.80. The van der Waals surface area contributed by atoms with Gasteiger partial charge >= 0.3 is 0 Å². The lowest BCUT2D eigenvalue weighted by Crippen LogP contribution is -2.23. The number of carbonyl (C=O) groups excluding carboxylic acids is 1. The van der Waals surface area contributed by atoms with Crippen molar-refractivity contribution in [2.75, 3.05) is 24.7 Å². The van der Waals surface area contributed by atoms with Gasteiger partial charge in [-0.05, 0) is 35.1 Å². The van der Waals surface area contributed by atoms with Crippen molar-refractivity contribution < 1.29 is 15.0 Å². The minimum absolute atomic E-state index is 0.0676. The second-order valence-corrected chi connectivity index (χ2v) is 6.14. The Kier molecular flexibility index (Phi) is 4.86. The number of fused-ring (bicyclic) bond motifs is 1. The first-order chi connectivity index (χ1) is 9.06. The average molecular weight is 347 g/mol. The summed E-state index contributed by atoms with van der Waals surface area (Å²) in [6.07, 6.45) is -0.746. The van der Waals surface area contributed by atoms with E-state index in [-0.39, 0.29) is 18.6 Å². The van der Waals surface area contributed by atoms with E-state index in [2.05, 4.69) is 26.6 Å². The van der Waals surface area contributed by atoms with Gasteiger partial charge in [0.05, 0.1) is 12.7 Å².